The summed E-state index contributed by atoms with van der Waals surface area (Å²) in [6.45, 7) is 7.91. The summed E-state index contributed by atoms with van der Waals surface area (Å²) in [6, 6.07) is 8.60. The van der Waals surface area contributed by atoms with Gasteiger partial charge < -0.3 is 10.2 Å². The summed E-state index contributed by atoms with van der Waals surface area (Å²) in [6.07, 6.45) is 1.27. The zero-order valence-corrected chi connectivity index (χ0v) is 13.1. The minimum absolute atomic E-state index is 0.647. The first-order valence-electron chi connectivity index (χ1n) is 6.77. The third-order valence-corrected chi connectivity index (χ3v) is 4.39. The van der Waals surface area contributed by atoms with E-state index in [4.69, 9.17) is 5.26 Å². The zero-order chi connectivity index (χ0) is 13.8. The smallest absolute Gasteiger partial charge is 0.100 e. The molecule has 0 amide bonds. The Morgan fingerprint density at radius 3 is 2.89 bits per heavy atom. The third-order valence-electron chi connectivity index (χ3n) is 3.73. The molecular formula is C15H20BrN3. The molecule has 1 aromatic rings. The van der Waals surface area contributed by atoms with E-state index in [9.17, 15) is 0 Å². The standard InChI is InChI=1S/C15H20BrN3/c1-11(2)19-6-5-12(10-19)9-18-14-4-3-13(8-17)15(16)7-14/h3-4,7,11-12,18H,5-6,9-10H2,1-2H3. The number of nitrogens with one attached hydrogen (secondary N) is 1. The Hall–Kier alpha value is -1.05. The van der Waals surface area contributed by atoms with E-state index in [1.807, 2.05) is 18.2 Å². The van der Waals surface area contributed by atoms with E-state index in [-0.39, 0.29) is 0 Å². The fraction of sp³-hybridized carbons (Fsp3) is 0.533. The normalized spacial score (nSPS) is 19.6. The lowest BCUT2D eigenvalue weighted by atomic mass is 10.1. The van der Waals surface area contributed by atoms with Crippen molar-refractivity contribution in [1.82, 2.24) is 4.90 Å². The monoisotopic (exact) mass is 321 g/mol. The first-order valence-corrected chi connectivity index (χ1v) is 7.57. The number of rotatable bonds is 4. The Morgan fingerprint density at radius 1 is 1.53 bits per heavy atom. The van der Waals surface area contributed by atoms with Crippen LogP contribution in [0.15, 0.2) is 22.7 Å². The highest BCUT2D eigenvalue weighted by molar-refractivity contribution is 9.10. The Balaban J connectivity index is 1.87. The molecule has 1 unspecified atom stereocenters. The van der Waals surface area contributed by atoms with Crippen LogP contribution < -0.4 is 5.32 Å². The van der Waals surface area contributed by atoms with E-state index < -0.39 is 0 Å². The molecule has 1 atom stereocenters. The van der Waals surface area contributed by atoms with Crippen molar-refractivity contribution in [3.63, 3.8) is 0 Å². The molecule has 1 heterocycles. The second-order valence-corrected chi connectivity index (χ2v) is 6.29. The van der Waals surface area contributed by atoms with Gasteiger partial charge in [0.15, 0.2) is 0 Å². The molecule has 1 saturated heterocycles. The van der Waals surface area contributed by atoms with Gasteiger partial charge >= 0.3 is 0 Å². The van der Waals surface area contributed by atoms with Gasteiger partial charge in [-0.1, -0.05) is 0 Å². The molecule has 0 spiro atoms. The summed E-state index contributed by atoms with van der Waals surface area (Å²) >= 11 is 3.42. The van der Waals surface area contributed by atoms with Crippen molar-refractivity contribution in [3.8, 4) is 6.07 Å². The van der Waals surface area contributed by atoms with Gasteiger partial charge in [0.2, 0.25) is 0 Å². The van der Waals surface area contributed by atoms with Gasteiger partial charge in [-0.3, -0.25) is 0 Å². The minimum atomic E-state index is 0.647. The fourth-order valence-electron chi connectivity index (χ4n) is 2.48. The highest BCUT2D eigenvalue weighted by Crippen LogP contribution is 2.23. The Labute approximate surface area is 123 Å². The maximum absolute atomic E-state index is 8.89. The minimum Gasteiger partial charge on any atom is -0.385 e. The van der Waals surface area contributed by atoms with Crippen molar-refractivity contribution in [3.05, 3.63) is 28.2 Å². The van der Waals surface area contributed by atoms with Crippen molar-refractivity contribution in [2.75, 3.05) is 25.0 Å². The lowest BCUT2D eigenvalue weighted by Crippen LogP contribution is -2.29. The molecule has 1 aromatic carbocycles. The number of likely N-dealkylation sites (tertiary alicyclic amines) is 1. The van der Waals surface area contributed by atoms with Gasteiger partial charge in [0, 0.05) is 29.3 Å². The van der Waals surface area contributed by atoms with Crippen LogP contribution in [0.5, 0.6) is 0 Å². The van der Waals surface area contributed by atoms with E-state index in [2.05, 4.69) is 46.1 Å². The van der Waals surface area contributed by atoms with Crippen LogP contribution in [0.3, 0.4) is 0 Å². The molecule has 0 bridgehead atoms. The zero-order valence-electron chi connectivity index (χ0n) is 11.5. The molecule has 0 radical (unpaired) electrons. The van der Waals surface area contributed by atoms with Crippen LogP contribution in [0, 0.1) is 17.2 Å². The van der Waals surface area contributed by atoms with Crippen molar-refractivity contribution in [1.29, 1.82) is 5.26 Å². The number of nitriles is 1. The number of nitrogens with zero attached hydrogens (tertiary/aromatic N) is 2. The number of anilines is 1. The van der Waals surface area contributed by atoms with Crippen molar-refractivity contribution < 1.29 is 0 Å². The SMILES string of the molecule is CC(C)N1CCC(CNc2ccc(C#N)c(Br)c2)C1. The molecule has 102 valence electrons. The van der Waals surface area contributed by atoms with E-state index in [1.54, 1.807) is 0 Å². The van der Waals surface area contributed by atoms with Gasteiger partial charge in [-0.25, -0.2) is 0 Å². The van der Waals surface area contributed by atoms with Crippen LogP contribution in [0.1, 0.15) is 25.8 Å². The highest BCUT2D eigenvalue weighted by Gasteiger charge is 2.23. The van der Waals surface area contributed by atoms with Crippen LogP contribution >= 0.6 is 15.9 Å². The van der Waals surface area contributed by atoms with Crippen molar-refractivity contribution in [2.24, 2.45) is 5.92 Å². The largest absolute Gasteiger partial charge is 0.385 e. The predicted molar refractivity (Wildman–Crippen MR) is 82.2 cm³/mol. The first kappa shape index (κ1) is 14.4. The molecule has 1 aliphatic rings. The highest BCUT2D eigenvalue weighted by atomic mass is 79.9. The molecule has 3 nitrogen and oxygen atoms in total. The Morgan fingerprint density at radius 2 is 2.32 bits per heavy atom. The Bertz CT molecular complexity index is 479. The number of hydrogen-bond donors (Lipinski definition) is 1. The van der Waals surface area contributed by atoms with E-state index in [0.29, 0.717) is 11.6 Å². The second-order valence-electron chi connectivity index (χ2n) is 5.43. The molecule has 4 heteroatoms. The van der Waals surface area contributed by atoms with Gasteiger partial charge in [0.1, 0.15) is 6.07 Å². The van der Waals surface area contributed by atoms with Crippen molar-refractivity contribution in [2.45, 2.75) is 26.3 Å². The average Bonchev–Trinajstić information content (AvgIpc) is 2.85. The fourth-order valence-corrected chi connectivity index (χ4v) is 2.94. The van der Waals surface area contributed by atoms with Gasteiger partial charge in [-0.2, -0.15) is 5.26 Å². The molecule has 1 N–H and O–H groups in total. The topological polar surface area (TPSA) is 39.1 Å². The van der Waals surface area contributed by atoms with Crippen LogP contribution in [0.4, 0.5) is 5.69 Å². The number of benzene rings is 1. The van der Waals surface area contributed by atoms with Gasteiger partial charge in [-0.05, 0) is 66.9 Å². The molecule has 19 heavy (non-hydrogen) atoms. The van der Waals surface area contributed by atoms with E-state index in [1.165, 1.54) is 19.5 Å². The predicted octanol–water partition coefficient (Wildman–Crippen LogP) is 3.46. The number of hydrogen-bond acceptors (Lipinski definition) is 3. The second kappa shape index (κ2) is 6.40. The maximum Gasteiger partial charge on any atom is 0.100 e. The summed E-state index contributed by atoms with van der Waals surface area (Å²) in [7, 11) is 0. The van der Waals surface area contributed by atoms with Crippen LogP contribution in [-0.2, 0) is 0 Å². The van der Waals surface area contributed by atoms with Crippen LogP contribution in [0.2, 0.25) is 0 Å². The average molecular weight is 322 g/mol. The van der Waals surface area contributed by atoms with Crippen LogP contribution in [-0.4, -0.2) is 30.6 Å². The van der Waals surface area contributed by atoms with E-state index >= 15 is 0 Å². The summed E-state index contributed by atoms with van der Waals surface area (Å²) in [5, 5.41) is 12.4. The van der Waals surface area contributed by atoms with Crippen LogP contribution in [0.25, 0.3) is 0 Å². The summed E-state index contributed by atoms with van der Waals surface area (Å²) < 4.78 is 0.857. The summed E-state index contributed by atoms with van der Waals surface area (Å²) in [5.41, 5.74) is 1.76. The molecule has 0 aliphatic carbocycles. The maximum atomic E-state index is 8.89. The van der Waals surface area contributed by atoms with Crippen molar-refractivity contribution >= 4 is 21.6 Å². The molecule has 0 saturated carbocycles. The molecular weight excluding hydrogens is 302 g/mol. The summed E-state index contributed by atoms with van der Waals surface area (Å²) in [5.74, 6) is 0.719. The summed E-state index contributed by atoms with van der Waals surface area (Å²) in [4.78, 5) is 2.53. The molecule has 1 fully saturated rings. The lowest BCUT2D eigenvalue weighted by molar-refractivity contribution is 0.266. The van der Waals surface area contributed by atoms with E-state index in [0.717, 1.165) is 22.6 Å². The quantitative estimate of drug-likeness (QED) is 0.923. The molecule has 0 aromatic heterocycles. The third kappa shape index (κ3) is 3.71. The van der Waals surface area contributed by atoms with Gasteiger partial charge in [0.05, 0.1) is 5.56 Å². The first-order chi connectivity index (χ1) is 9.10. The lowest BCUT2D eigenvalue weighted by Gasteiger charge is -2.20. The van der Waals surface area contributed by atoms with Gasteiger partial charge in [-0.15, -0.1) is 0 Å². The molecule has 2 rings (SSSR count). The van der Waals surface area contributed by atoms with Gasteiger partial charge in [0.25, 0.3) is 0 Å². The number of halogens is 1. The molecule has 1 aliphatic heterocycles. The Kier molecular flexibility index (Phi) is 4.84.